The molecule has 1 aromatic heterocycles. The lowest BCUT2D eigenvalue weighted by Crippen LogP contribution is -2.28. The van der Waals surface area contributed by atoms with Crippen molar-refractivity contribution >= 4 is 16.8 Å². The topological polar surface area (TPSA) is 36.4 Å². The molecule has 0 aliphatic rings. The molecule has 0 saturated carbocycles. The quantitative estimate of drug-likeness (QED) is 0.387. The maximum Gasteiger partial charge on any atom is 0.255 e. The van der Waals surface area contributed by atoms with Crippen molar-refractivity contribution in [1.29, 1.82) is 0 Å². The van der Waals surface area contributed by atoms with E-state index in [4.69, 9.17) is 4.98 Å². The van der Waals surface area contributed by atoms with E-state index in [-0.39, 0.29) is 5.91 Å². The van der Waals surface area contributed by atoms with Crippen molar-refractivity contribution in [2.24, 2.45) is 0 Å². The number of benzene rings is 3. The molecule has 4 nitrogen and oxygen atoms in total. The third-order valence-corrected chi connectivity index (χ3v) is 5.72. The summed E-state index contributed by atoms with van der Waals surface area (Å²) in [5, 5.41) is 0.999. The van der Waals surface area contributed by atoms with Crippen molar-refractivity contribution in [1.82, 2.24) is 14.8 Å². The van der Waals surface area contributed by atoms with Gasteiger partial charge >= 0.3 is 0 Å². The smallest absolute Gasteiger partial charge is 0.255 e. The van der Waals surface area contributed by atoms with Gasteiger partial charge in [-0.2, -0.15) is 0 Å². The molecule has 0 unspecified atom stereocenters. The first-order valence-corrected chi connectivity index (χ1v) is 11.0. The Labute approximate surface area is 190 Å². The number of hydrogen-bond acceptors (Lipinski definition) is 3. The van der Waals surface area contributed by atoms with Crippen molar-refractivity contribution in [2.45, 2.75) is 20.0 Å². The van der Waals surface area contributed by atoms with Gasteiger partial charge in [0.15, 0.2) is 0 Å². The van der Waals surface area contributed by atoms with Crippen LogP contribution in [-0.4, -0.2) is 41.3 Å². The predicted octanol–water partition coefficient (Wildman–Crippen LogP) is 5.63. The van der Waals surface area contributed by atoms with Gasteiger partial charge in [-0.25, -0.2) is 0 Å². The number of hydrogen-bond donors (Lipinski definition) is 0. The van der Waals surface area contributed by atoms with Crippen LogP contribution in [0.25, 0.3) is 22.0 Å². The minimum absolute atomic E-state index is 0.0205. The van der Waals surface area contributed by atoms with E-state index in [9.17, 15) is 4.79 Å². The van der Waals surface area contributed by atoms with Crippen LogP contribution in [0.3, 0.4) is 0 Å². The summed E-state index contributed by atoms with van der Waals surface area (Å²) in [7, 11) is 3.61. The number of carbonyl (C=O) groups is 1. The molecule has 0 fully saturated rings. The molecule has 4 rings (SSSR count). The maximum atomic E-state index is 13.5. The first-order chi connectivity index (χ1) is 15.6. The van der Waals surface area contributed by atoms with E-state index in [2.05, 4.69) is 54.3 Å². The first-order valence-electron chi connectivity index (χ1n) is 11.0. The van der Waals surface area contributed by atoms with Gasteiger partial charge in [0.05, 0.1) is 16.8 Å². The van der Waals surface area contributed by atoms with Crippen molar-refractivity contribution in [3.05, 3.63) is 102 Å². The Morgan fingerprint density at radius 3 is 2.09 bits per heavy atom. The van der Waals surface area contributed by atoms with Crippen LogP contribution in [0.2, 0.25) is 0 Å². The average molecular weight is 424 g/mol. The molecular weight excluding hydrogens is 394 g/mol. The van der Waals surface area contributed by atoms with E-state index in [1.807, 2.05) is 42.5 Å². The fraction of sp³-hybridized carbons (Fsp3) is 0.214. The van der Waals surface area contributed by atoms with E-state index in [0.29, 0.717) is 12.1 Å². The Morgan fingerprint density at radius 2 is 1.44 bits per heavy atom. The number of amides is 1. The third-order valence-electron chi connectivity index (χ3n) is 5.72. The zero-order valence-corrected chi connectivity index (χ0v) is 19.0. The summed E-state index contributed by atoms with van der Waals surface area (Å²) in [4.78, 5) is 22.5. The van der Waals surface area contributed by atoms with Gasteiger partial charge in [-0.15, -0.1) is 0 Å². The number of carbonyl (C=O) groups excluding carboxylic acids is 1. The highest BCUT2D eigenvalue weighted by Gasteiger charge is 2.24. The molecule has 162 valence electrons. The first kappa shape index (κ1) is 21.7. The molecule has 0 radical (unpaired) electrons. The van der Waals surface area contributed by atoms with Gasteiger partial charge in [0.25, 0.3) is 5.91 Å². The highest BCUT2D eigenvalue weighted by molar-refractivity contribution is 6.09. The average Bonchev–Trinajstić information content (AvgIpc) is 2.83. The Bertz CT molecular complexity index is 1200. The van der Waals surface area contributed by atoms with Crippen LogP contribution in [0.5, 0.6) is 0 Å². The molecule has 0 atom stereocenters. The molecule has 4 heteroatoms. The van der Waals surface area contributed by atoms with Gasteiger partial charge in [-0.1, -0.05) is 85.8 Å². The number of aromatic nitrogens is 1. The van der Waals surface area contributed by atoms with E-state index in [0.717, 1.165) is 40.8 Å². The summed E-state index contributed by atoms with van der Waals surface area (Å²) in [5.74, 6) is -0.0205. The lowest BCUT2D eigenvalue weighted by molar-refractivity contribution is 0.0825. The molecule has 0 saturated heterocycles. The second-order valence-electron chi connectivity index (χ2n) is 8.18. The van der Waals surface area contributed by atoms with E-state index in [1.54, 1.807) is 19.0 Å². The van der Waals surface area contributed by atoms with Gasteiger partial charge in [0.2, 0.25) is 0 Å². The van der Waals surface area contributed by atoms with Crippen LogP contribution in [0.4, 0.5) is 0 Å². The third kappa shape index (κ3) is 4.56. The fourth-order valence-electron chi connectivity index (χ4n) is 4.07. The normalized spacial score (nSPS) is 11.1. The number of para-hydroxylation sites is 1. The predicted molar refractivity (Wildman–Crippen MR) is 131 cm³/mol. The summed E-state index contributed by atoms with van der Waals surface area (Å²) in [6, 6.07) is 28.7. The Kier molecular flexibility index (Phi) is 6.62. The molecule has 0 aliphatic carbocycles. The summed E-state index contributed by atoms with van der Waals surface area (Å²) >= 11 is 0. The number of nitrogens with zero attached hydrogens (tertiary/aromatic N) is 3. The second kappa shape index (κ2) is 9.75. The SMILES string of the molecule is CCN(Cc1ccccc1)Cc1nc2ccccc2c(-c2ccccc2)c1C(=O)N(C)C. The van der Waals surface area contributed by atoms with Crippen molar-refractivity contribution in [3.8, 4) is 11.1 Å². The summed E-state index contributed by atoms with van der Waals surface area (Å²) in [6.45, 7) is 4.42. The standard InChI is InChI=1S/C28H29N3O/c1-4-31(19-21-13-7-5-8-14-21)20-25-27(28(32)30(2)3)26(22-15-9-6-10-16-22)23-17-11-12-18-24(23)29-25/h5-18H,4,19-20H2,1-3H3. The highest BCUT2D eigenvalue weighted by atomic mass is 16.2. The molecular formula is C28H29N3O. The van der Waals surface area contributed by atoms with Gasteiger partial charge in [-0.3, -0.25) is 14.7 Å². The van der Waals surface area contributed by atoms with Crippen LogP contribution >= 0.6 is 0 Å². The molecule has 4 aromatic rings. The zero-order chi connectivity index (χ0) is 22.5. The minimum Gasteiger partial charge on any atom is -0.345 e. The Morgan fingerprint density at radius 1 is 0.812 bits per heavy atom. The van der Waals surface area contributed by atoms with Crippen LogP contribution in [0.1, 0.15) is 28.5 Å². The second-order valence-corrected chi connectivity index (χ2v) is 8.18. The molecule has 0 bridgehead atoms. The van der Waals surface area contributed by atoms with E-state index in [1.165, 1.54) is 5.56 Å². The maximum absolute atomic E-state index is 13.5. The Balaban J connectivity index is 1.89. The van der Waals surface area contributed by atoms with E-state index < -0.39 is 0 Å². The molecule has 0 spiro atoms. The van der Waals surface area contributed by atoms with Crippen LogP contribution in [-0.2, 0) is 13.1 Å². The van der Waals surface area contributed by atoms with Crippen LogP contribution in [0, 0.1) is 0 Å². The Hall–Kier alpha value is -3.50. The van der Waals surface area contributed by atoms with Crippen molar-refractivity contribution in [2.75, 3.05) is 20.6 Å². The van der Waals surface area contributed by atoms with Gasteiger partial charge < -0.3 is 4.90 Å². The van der Waals surface area contributed by atoms with E-state index >= 15 is 0 Å². The molecule has 1 heterocycles. The number of pyridine rings is 1. The molecule has 32 heavy (non-hydrogen) atoms. The molecule has 0 aliphatic heterocycles. The van der Waals surface area contributed by atoms with Gasteiger partial charge in [0, 0.05) is 38.1 Å². The van der Waals surface area contributed by atoms with Crippen molar-refractivity contribution < 1.29 is 4.79 Å². The van der Waals surface area contributed by atoms with Gasteiger partial charge in [-0.05, 0) is 23.7 Å². The molecule has 0 N–H and O–H groups in total. The minimum atomic E-state index is -0.0205. The lowest BCUT2D eigenvalue weighted by atomic mass is 9.93. The van der Waals surface area contributed by atoms with Crippen LogP contribution in [0.15, 0.2) is 84.9 Å². The van der Waals surface area contributed by atoms with Crippen LogP contribution < -0.4 is 0 Å². The molecule has 3 aromatic carbocycles. The van der Waals surface area contributed by atoms with Gasteiger partial charge in [0.1, 0.15) is 0 Å². The monoisotopic (exact) mass is 423 g/mol. The summed E-state index contributed by atoms with van der Waals surface area (Å²) < 4.78 is 0. The lowest BCUT2D eigenvalue weighted by Gasteiger charge is -2.24. The van der Waals surface area contributed by atoms with Crippen molar-refractivity contribution in [3.63, 3.8) is 0 Å². The zero-order valence-electron chi connectivity index (χ0n) is 19.0. The molecule has 1 amide bonds. The largest absolute Gasteiger partial charge is 0.345 e. The fourth-order valence-corrected chi connectivity index (χ4v) is 4.07. The summed E-state index contributed by atoms with van der Waals surface area (Å²) in [6.07, 6.45) is 0. The number of rotatable bonds is 7. The number of fused-ring (bicyclic) bond motifs is 1. The summed E-state index contributed by atoms with van der Waals surface area (Å²) in [5.41, 5.74) is 5.65. The highest BCUT2D eigenvalue weighted by Crippen LogP contribution is 2.34.